The first-order chi connectivity index (χ1) is 8.88. The summed E-state index contributed by atoms with van der Waals surface area (Å²) in [5.74, 6) is 1.82. The maximum atomic E-state index is 5.95. The van der Waals surface area contributed by atoms with Crippen LogP contribution in [0.3, 0.4) is 0 Å². The van der Waals surface area contributed by atoms with Crippen molar-refractivity contribution in [1.82, 2.24) is 0 Å². The third kappa shape index (κ3) is 4.34. The first kappa shape index (κ1) is 13.4. The minimum Gasteiger partial charge on any atom is -0.493 e. The van der Waals surface area contributed by atoms with Gasteiger partial charge in [-0.05, 0) is 42.9 Å². The highest BCUT2D eigenvalue weighted by atomic mass is 16.5. The largest absolute Gasteiger partial charge is 0.493 e. The Balaban J connectivity index is 1.80. The fourth-order valence-corrected chi connectivity index (χ4v) is 2.69. The van der Waals surface area contributed by atoms with Gasteiger partial charge >= 0.3 is 0 Å². The summed E-state index contributed by atoms with van der Waals surface area (Å²) < 4.78 is 5.95. The van der Waals surface area contributed by atoms with Crippen LogP contribution in [0.5, 0.6) is 5.75 Å². The average molecular weight is 248 g/mol. The van der Waals surface area contributed by atoms with Gasteiger partial charge in [-0.1, -0.05) is 31.4 Å². The van der Waals surface area contributed by atoms with Crippen molar-refractivity contribution in [3.05, 3.63) is 29.8 Å². The number of hydrogen-bond acceptors (Lipinski definition) is 1. The van der Waals surface area contributed by atoms with Crippen LogP contribution in [0.4, 0.5) is 0 Å². The number of rotatable bonds is 6. The molecule has 1 saturated carbocycles. The number of benzene rings is 1. The zero-order chi connectivity index (χ0) is 12.6. The van der Waals surface area contributed by atoms with E-state index in [0.717, 1.165) is 37.7 Å². The second-order valence-corrected chi connectivity index (χ2v) is 5.42. The standard InChI is InChI=1S/C16H25NO/c17-11-5-9-14-8-4-10-16(12-14)18-13-15-6-2-1-3-7-15/h4,8,10,12,15H,1-3,5-7,9,11,13,17H2/p+1. The predicted molar refractivity (Wildman–Crippen MR) is 74.6 cm³/mol. The van der Waals surface area contributed by atoms with Crippen molar-refractivity contribution < 1.29 is 10.5 Å². The van der Waals surface area contributed by atoms with Crippen molar-refractivity contribution in [2.24, 2.45) is 5.92 Å². The Hall–Kier alpha value is -1.02. The lowest BCUT2D eigenvalue weighted by Crippen LogP contribution is -2.50. The van der Waals surface area contributed by atoms with E-state index in [4.69, 9.17) is 4.74 Å². The van der Waals surface area contributed by atoms with E-state index >= 15 is 0 Å². The van der Waals surface area contributed by atoms with E-state index in [0.29, 0.717) is 0 Å². The van der Waals surface area contributed by atoms with E-state index in [1.165, 1.54) is 37.7 Å². The van der Waals surface area contributed by atoms with Gasteiger partial charge in [0.15, 0.2) is 0 Å². The lowest BCUT2D eigenvalue weighted by Gasteiger charge is -2.21. The molecule has 0 aliphatic heterocycles. The quantitative estimate of drug-likeness (QED) is 0.825. The Morgan fingerprint density at radius 1 is 1.17 bits per heavy atom. The second-order valence-electron chi connectivity index (χ2n) is 5.42. The van der Waals surface area contributed by atoms with Gasteiger partial charge in [0.1, 0.15) is 5.75 Å². The maximum Gasteiger partial charge on any atom is 0.119 e. The van der Waals surface area contributed by atoms with Gasteiger partial charge in [-0.2, -0.15) is 0 Å². The van der Waals surface area contributed by atoms with E-state index in [1.54, 1.807) is 0 Å². The van der Waals surface area contributed by atoms with Crippen LogP contribution in [0.25, 0.3) is 0 Å². The van der Waals surface area contributed by atoms with Gasteiger partial charge in [-0.3, -0.25) is 0 Å². The van der Waals surface area contributed by atoms with Crippen molar-refractivity contribution in [3.8, 4) is 5.75 Å². The van der Waals surface area contributed by atoms with E-state index in [1.807, 2.05) is 0 Å². The van der Waals surface area contributed by atoms with Crippen LogP contribution in [0.2, 0.25) is 0 Å². The normalized spacial score (nSPS) is 16.7. The first-order valence-corrected chi connectivity index (χ1v) is 7.39. The van der Waals surface area contributed by atoms with Gasteiger partial charge in [-0.25, -0.2) is 0 Å². The zero-order valence-corrected chi connectivity index (χ0v) is 11.4. The van der Waals surface area contributed by atoms with Crippen molar-refractivity contribution >= 4 is 0 Å². The molecule has 18 heavy (non-hydrogen) atoms. The zero-order valence-electron chi connectivity index (χ0n) is 11.4. The molecule has 100 valence electrons. The summed E-state index contributed by atoms with van der Waals surface area (Å²) in [6, 6.07) is 8.56. The van der Waals surface area contributed by atoms with Crippen LogP contribution < -0.4 is 10.5 Å². The highest BCUT2D eigenvalue weighted by Crippen LogP contribution is 2.24. The maximum absolute atomic E-state index is 5.95. The number of aryl methyl sites for hydroxylation is 1. The summed E-state index contributed by atoms with van der Waals surface area (Å²) in [5.41, 5.74) is 5.26. The lowest BCUT2D eigenvalue weighted by molar-refractivity contribution is -0.368. The monoisotopic (exact) mass is 248 g/mol. The summed E-state index contributed by atoms with van der Waals surface area (Å²) in [7, 11) is 0. The molecule has 0 atom stereocenters. The summed E-state index contributed by atoms with van der Waals surface area (Å²) >= 11 is 0. The lowest BCUT2D eigenvalue weighted by atomic mass is 9.90. The molecule has 0 saturated heterocycles. The summed E-state index contributed by atoms with van der Waals surface area (Å²) in [4.78, 5) is 0. The fraction of sp³-hybridized carbons (Fsp3) is 0.625. The molecule has 1 fully saturated rings. The van der Waals surface area contributed by atoms with Crippen LogP contribution in [0, 0.1) is 5.92 Å². The smallest absolute Gasteiger partial charge is 0.119 e. The van der Waals surface area contributed by atoms with Gasteiger partial charge in [-0.15, -0.1) is 0 Å². The summed E-state index contributed by atoms with van der Waals surface area (Å²) in [5, 5.41) is 0. The van der Waals surface area contributed by atoms with Crippen LogP contribution in [-0.4, -0.2) is 13.2 Å². The second kappa shape index (κ2) is 7.42. The van der Waals surface area contributed by atoms with Crippen molar-refractivity contribution in [2.45, 2.75) is 44.9 Å². The number of quaternary nitrogens is 1. The SMILES string of the molecule is [NH3+]CCCc1cccc(OCC2CCCCC2)c1. The van der Waals surface area contributed by atoms with E-state index in [9.17, 15) is 0 Å². The van der Waals surface area contributed by atoms with Gasteiger partial charge in [0.2, 0.25) is 0 Å². The van der Waals surface area contributed by atoms with E-state index in [-0.39, 0.29) is 0 Å². The molecule has 0 bridgehead atoms. The predicted octanol–water partition coefficient (Wildman–Crippen LogP) is 2.82. The Labute approximate surface area is 111 Å². The molecule has 0 heterocycles. The van der Waals surface area contributed by atoms with Gasteiger partial charge in [0.05, 0.1) is 13.2 Å². The molecule has 2 rings (SSSR count). The molecule has 2 heteroatoms. The Morgan fingerprint density at radius 2 is 2.00 bits per heavy atom. The molecule has 0 spiro atoms. The molecule has 0 radical (unpaired) electrons. The van der Waals surface area contributed by atoms with Crippen LogP contribution in [0.15, 0.2) is 24.3 Å². The number of hydrogen-bond donors (Lipinski definition) is 1. The molecule has 1 aliphatic carbocycles. The van der Waals surface area contributed by atoms with E-state index in [2.05, 4.69) is 30.0 Å². The molecule has 0 unspecified atom stereocenters. The Morgan fingerprint density at radius 3 is 2.78 bits per heavy atom. The fourth-order valence-electron chi connectivity index (χ4n) is 2.69. The summed E-state index contributed by atoms with van der Waals surface area (Å²) in [6.45, 7) is 1.91. The van der Waals surface area contributed by atoms with Crippen molar-refractivity contribution in [3.63, 3.8) is 0 Å². The molecule has 1 aliphatic rings. The minimum absolute atomic E-state index is 0.780. The Kier molecular flexibility index (Phi) is 5.53. The topological polar surface area (TPSA) is 36.9 Å². The average Bonchev–Trinajstić information content (AvgIpc) is 2.44. The van der Waals surface area contributed by atoms with E-state index < -0.39 is 0 Å². The van der Waals surface area contributed by atoms with Crippen molar-refractivity contribution in [1.29, 1.82) is 0 Å². The third-order valence-electron chi connectivity index (χ3n) is 3.82. The van der Waals surface area contributed by atoms with Gasteiger partial charge in [0, 0.05) is 6.42 Å². The minimum atomic E-state index is 0.780. The van der Waals surface area contributed by atoms with Crippen molar-refractivity contribution in [2.75, 3.05) is 13.2 Å². The molecule has 0 aromatic heterocycles. The van der Waals surface area contributed by atoms with Gasteiger partial charge < -0.3 is 10.5 Å². The molecule has 2 nitrogen and oxygen atoms in total. The molecule has 1 aromatic rings. The highest BCUT2D eigenvalue weighted by molar-refractivity contribution is 5.28. The first-order valence-electron chi connectivity index (χ1n) is 7.39. The van der Waals surface area contributed by atoms with Crippen LogP contribution >= 0.6 is 0 Å². The van der Waals surface area contributed by atoms with Gasteiger partial charge in [0.25, 0.3) is 0 Å². The third-order valence-corrected chi connectivity index (χ3v) is 3.82. The number of ether oxygens (including phenoxy) is 1. The Bertz CT molecular complexity index is 345. The highest BCUT2D eigenvalue weighted by Gasteiger charge is 2.13. The molecule has 0 amide bonds. The van der Waals surface area contributed by atoms with Crippen LogP contribution in [0.1, 0.15) is 44.1 Å². The van der Waals surface area contributed by atoms with Crippen LogP contribution in [-0.2, 0) is 6.42 Å². The molecular weight excluding hydrogens is 222 g/mol. The summed E-state index contributed by atoms with van der Waals surface area (Å²) in [6.07, 6.45) is 9.16. The molecule has 3 N–H and O–H groups in total. The molecule has 1 aromatic carbocycles. The molecular formula is C16H26NO+.